The predicted molar refractivity (Wildman–Crippen MR) is 72.3 cm³/mol. The van der Waals surface area contributed by atoms with Crippen LogP contribution in [0.25, 0.3) is 0 Å². The third-order valence-electron chi connectivity index (χ3n) is 2.81. The van der Waals surface area contributed by atoms with Crippen molar-refractivity contribution in [2.45, 2.75) is 24.6 Å². The minimum Gasteiger partial charge on any atom is -0.384 e. The van der Waals surface area contributed by atoms with Gasteiger partial charge in [-0.25, -0.2) is 0 Å². The lowest BCUT2D eigenvalue weighted by Crippen LogP contribution is -2.31. The van der Waals surface area contributed by atoms with Gasteiger partial charge in [0.25, 0.3) is 0 Å². The van der Waals surface area contributed by atoms with Gasteiger partial charge in [-0.3, -0.25) is 4.21 Å². The monoisotopic (exact) mass is 255 g/mol. The maximum atomic E-state index is 12.1. The zero-order chi connectivity index (χ0) is 12.7. The number of hydrogen-bond acceptors (Lipinski definition) is 3. The molecule has 0 heterocycles. The lowest BCUT2D eigenvalue weighted by Gasteiger charge is -2.22. The minimum atomic E-state index is -0.938. The van der Waals surface area contributed by atoms with Crippen LogP contribution in [0.5, 0.6) is 0 Å². The number of hydrogen-bond donors (Lipinski definition) is 1. The normalized spacial score (nSPS) is 16.4. The highest BCUT2D eigenvalue weighted by Crippen LogP contribution is 2.20. The quantitative estimate of drug-likeness (QED) is 0.809. The molecule has 0 radical (unpaired) electrons. The molecule has 1 rings (SSSR count). The van der Waals surface area contributed by atoms with Crippen LogP contribution in [0.1, 0.15) is 24.9 Å². The summed E-state index contributed by atoms with van der Waals surface area (Å²) in [5, 5.41) is -0.00690. The number of methoxy groups -OCH3 is 1. The van der Waals surface area contributed by atoms with Crippen molar-refractivity contribution in [1.29, 1.82) is 0 Å². The van der Waals surface area contributed by atoms with Gasteiger partial charge in [0.2, 0.25) is 0 Å². The van der Waals surface area contributed by atoms with E-state index in [9.17, 15) is 4.21 Å². The van der Waals surface area contributed by atoms with Crippen LogP contribution >= 0.6 is 0 Å². The maximum Gasteiger partial charge on any atom is 0.0577 e. The van der Waals surface area contributed by atoms with E-state index >= 15 is 0 Å². The van der Waals surface area contributed by atoms with E-state index in [-0.39, 0.29) is 11.3 Å². The van der Waals surface area contributed by atoms with E-state index in [4.69, 9.17) is 10.5 Å². The molecule has 17 heavy (non-hydrogen) atoms. The number of rotatable bonds is 7. The van der Waals surface area contributed by atoms with Crippen molar-refractivity contribution in [1.82, 2.24) is 0 Å². The summed E-state index contributed by atoms with van der Waals surface area (Å²) in [5.41, 5.74) is 7.23. The Morgan fingerprint density at radius 1 is 1.35 bits per heavy atom. The molecule has 96 valence electrons. The van der Waals surface area contributed by atoms with E-state index in [0.717, 1.165) is 12.0 Å². The second-order valence-electron chi connectivity index (χ2n) is 3.96. The molecule has 0 fully saturated rings. The molecular formula is C13H21NO2S. The van der Waals surface area contributed by atoms with E-state index in [1.54, 1.807) is 7.11 Å². The molecule has 4 heteroatoms. The molecule has 0 aliphatic carbocycles. The van der Waals surface area contributed by atoms with Gasteiger partial charge in [-0.2, -0.15) is 0 Å². The van der Waals surface area contributed by atoms with Gasteiger partial charge in [0, 0.05) is 29.7 Å². The molecule has 3 unspecified atom stereocenters. The van der Waals surface area contributed by atoms with Gasteiger partial charge < -0.3 is 10.5 Å². The van der Waals surface area contributed by atoms with Crippen molar-refractivity contribution in [3.63, 3.8) is 0 Å². The first kappa shape index (κ1) is 14.4. The summed E-state index contributed by atoms with van der Waals surface area (Å²) in [6.07, 6.45) is 0.812. The summed E-state index contributed by atoms with van der Waals surface area (Å²) in [5.74, 6) is 0.551. The highest BCUT2D eigenvalue weighted by Gasteiger charge is 2.23. The number of ether oxygens (including phenoxy) is 1. The van der Waals surface area contributed by atoms with Gasteiger partial charge in [0.15, 0.2) is 0 Å². The Morgan fingerprint density at radius 3 is 2.53 bits per heavy atom. The van der Waals surface area contributed by atoms with Crippen LogP contribution < -0.4 is 5.73 Å². The zero-order valence-corrected chi connectivity index (χ0v) is 11.3. The third kappa shape index (κ3) is 4.22. The SMILES string of the molecule is CCC(C(N)c1ccccc1)S(=O)CCOC. The van der Waals surface area contributed by atoms with E-state index in [0.29, 0.717) is 12.4 Å². The van der Waals surface area contributed by atoms with Gasteiger partial charge in [-0.15, -0.1) is 0 Å². The molecule has 2 N–H and O–H groups in total. The molecule has 0 aliphatic heterocycles. The minimum absolute atomic E-state index is 0.00690. The zero-order valence-electron chi connectivity index (χ0n) is 10.5. The van der Waals surface area contributed by atoms with Crippen LogP contribution in [0.2, 0.25) is 0 Å². The molecule has 0 aromatic heterocycles. The van der Waals surface area contributed by atoms with E-state index in [1.165, 1.54) is 0 Å². The van der Waals surface area contributed by atoms with Crippen molar-refractivity contribution < 1.29 is 8.95 Å². The van der Waals surface area contributed by atoms with Crippen molar-refractivity contribution in [3.05, 3.63) is 35.9 Å². The summed E-state index contributed by atoms with van der Waals surface area (Å²) in [4.78, 5) is 0. The third-order valence-corrected chi connectivity index (χ3v) is 4.68. The highest BCUT2D eigenvalue weighted by molar-refractivity contribution is 7.85. The van der Waals surface area contributed by atoms with Gasteiger partial charge in [0.1, 0.15) is 0 Å². The van der Waals surface area contributed by atoms with Crippen LogP contribution in [-0.2, 0) is 15.5 Å². The molecule has 0 spiro atoms. The lowest BCUT2D eigenvalue weighted by atomic mass is 10.0. The molecule has 0 amide bonds. The largest absolute Gasteiger partial charge is 0.384 e. The Kier molecular flexibility index (Phi) is 6.40. The molecule has 3 nitrogen and oxygen atoms in total. The van der Waals surface area contributed by atoms with Crippen molar-refractivity contribution >= 4 is 10.8 Å². The Bertz CT molecular complexity index is 343. The Balaban J connectivity index is 2.70. The fourth-order valence-electron chi connectivity index (χ4n) is 1.81. The molecule has 0 saturated carbocycles. The molecule has 3 atom stereocenters. The van der Waals surface area contributed by atoms with Crippen LogP contribution in [-0.4, -0.2) is 28.9 Å². The number of nitrogens with two attached hydrogens (primary N) is 1. The summed E-state index contributed by atoms with van der Waals surface area (Å²) in [7, 11) is 0.682. The second-order valence-corrected chi connectivity index (χ2v) is 5.74. The molecule has 0 aliphatic rings. The van der Waals surface area contributed by atoms with Crippen molar-refractivity contribution in [2.75, 3.05) is 19.5 Å². The number of benzene rings is 1. The average Bonchev–Trinajstić information content (AvgIpc) is 2.38. The van der Waals surface area contributed by atoms with Crippen LogP contribution in [0.3, 0.4) is 0 Å². The van der Waals surface area contributed by atoms with Crippen LogP contribution in [0, 0.1) is 0 Å². The predicted octanol–water partition coefficient (Wildman–Crippen LogP) is 1.86. The van der Waals surface area contributed by atoms with Crippen molar-refractivity contribution in [2.24, 2.45) is 5.73 Å². The molecular weight excluding hydrogens is 234 g/mol. The summed E-state index contributed by atoms with van der Waals surface area (Å²) in [6.45, 7) is 2.54. The molecule has 1 aromatic carbocycles. The first-order valence-electron chi connectivity index (χ1n) is 5.87. The topological polar surface area (TPSA) is 52.3 Å². The van der Waals surface area contributed by atoms with Crippen LogP contribution in [0.4, 0.5) is 0 Å². The summed E-state index contributed by atoms with van der Waals surface area (Å²) < 4.78 is 17.1. The summed E-state index contributed by atoms with van der Waals surface area (Å²) >= 11 is 0. The smallest absolute Gasteiger partial charge is 0.0577 e. The van der Waals surface area contributed by atoms with Gasteiger partial charge in [-0.1, -0.05) is 37.3 Å². The fourth-order valence-corrected chi connectivity index (χ4v) is 3.30. The molecule has 0 bridgehead atoms. The standard InChI is InChI=1S/C13H21NO2S/c1-3-12(17(15)10-9-16-2)13(14)11-7-5-4-6-8-11/h4-8,12-13H,3,9-10,14H2,1-2H3. The Labute approximate surface area is 106 Å². The Hall–Kier alpha value is -0.710. The fraction of sp³-hybridized carbons (Fsp3) is 0.538. The van der Waals surface area contributed by atoms with Crippen LogP contribution in [0.15, 0.2) is 30.3 Å². The first-order chi connectivity index (χ1) is 8.20. The molecule has 0 saturated heterocycles. The molecule has 1 aromatic rings. The summed E-state index contributed by atoms with van der Waals surface area (Å²) in [6, 6.07) is 9.68. The van der Waals surface area contributed by atoms with E-state index < -0.39 is 10.8 Å². The maximum absolute atomic E-state index is 12.1. The lowest BCUT2D eigenvalue weighted by molar-refractivity contribution is 0.217. The average molecular weight is 255 g/mol. The Morgan fingerprint density at radius 2 is 2.00 bits per heavy atom. The van der Waals surface area contributed by atoms with Gasteiger partial charge in [0.05, 0.1) is 11.9 Å². The van der Waals surface area contributed by atoms with Gasteiger partial charge in [-0.05, 0) is 12.0 Å². The second kappa shape index (κ2) is 7.58. The van der Waals surface area contributed by atoms with Crippen molar-refractivity contribution in [3.8, 4) is 0 Å². The first-order valence-corrected chi connectivity index (χ1v) is 7.25. The van der Waals surface area contributed by atoms with E-state index in [1.807, 2.05) is 37.3 Å². The van der Waals surface area contributed by atoms with Gasteiger partial charge >= 0.3 is 0 Å². The van der Waals surface area contributed by atoms with E-state index in [2.05, 4.69) is 0 Å². The highest BCUT2D eigenvalue weighted by atomic mass is 32.2.